The summed E-state index contributed by atoms with van der Waals surface area (Å²) < 4.78 is 5.54. The summed E-state index contributed by atoms with van der Waals surface area (Å²) in [5.74, 6) is 1.96. The van der Waals surface area contributed by atoms with Crippen LogP contribution in [0.15, 0.2) is 70.4 Å². The molecule has 0 aliphatic carbocycles. The fourth-order valence-corrected chi connectivity index (χ4v) is 3.07. The fraction of sp³-hybridized carbons (Fsp3) is 0.0556. The Labute approximate surface area is 153 Å². The van der Waals surface area contributed by atoms with Crippen LogP contribution in [-0.4, -0.2) is 20.2 Å². The van der Waals surface area contributed by atoms with Crippen molar-refractivity contribution in [3.05, 3.63) is 71.6 Å². The van der Waals surface area contributed by atoms with Crippen molar-refractivity contribution < 1.29 is 4.42 Å². The number of oxazole rings is 1. The van der Waals surface area contributed by atoms with E-state index < -0.39 is 0 Å². The van der Waals surface area contributed by atoms with E-state index >= 15 is 0 Å². The quantitative estimate of drug-likeness (QED) is 0.498. The first kappa shape index (κ1) is 15.9. The lowest BCUT2D eigenvalue weighted by Crippen LogP contribution is -1.83. The number of hydrogen-bond acceptors (Lipinski definition) is 5. The Balaban J connectivity index is 1.42. The van der Waals surface area contributed by atoms with E-state index in [9.17, 15) is 0 Å². The van der Waals surface area contributed by atoms with E-state index in [0.29, 0.717) is 27.6 Å². The summed E-state index contributed by atoms with van der Waals surface area (Å²) in [7, 11) is 0. The Bertz CT molecular complexity index is 966. The molecule has 4 rings (SSSR count). The summed E-state index contributed by atoms with van der Waals surface area (Å²) in [6.45, 7) is 0. The van der Waals surface area contributed by atoms with Gasteiger partial charge in [0, 0.05) is 21.9 Å². The van der Waals surface area contributed by atoms with E-state index in [1.54, 1.807) is 6.26 Å². The zero-order valence-electron chi connectivity index (χ0n) is 13.0. The zero-order chi connectivity index (χ0) is 17.1. The van der Waals surface area contributed by atoms with Gasteiger partial charge in [-0.2, -0.15) is 0 Å². The van der Waals surface area contributed by atoms with Crippen LogP contribution >= 0.6 is 23.4 Å². The molecule has 2 aromatic heterocycles. The van der Waals surface area contributed by atoms with Gasteiger partial charge in [-0.15, -0.1) is 5.10 Å². The highest BCUT2D eigenvalue weighted by atomic mass is 35.5. The van der Waals surface area contributed by atoms with E-state index in [1.165, 1.54) is 11.8 Å². The van der Waals surface area contributed by atoms with Crippen LogP contribution in [0, 0.1) is 0 Å². The van der Waals surface area contributed by atoms with E-state index in [0.717, 1.165) is 16.8 Å². The molecular weight excluding hydrogens is 356 g/mol. The van der Waals surface area contributed by atoms with Gasteiger partial charge in [-0.05, 0) is 36.4 Å². The van der Waals surface area contributed by atoms with Crippen LogP contribution < -0.4 is 0 Å². The van der Waals surface area contributed by atoms with Gasteiger partial charge in [0.15, 0.2) is 5.82 Å². The Morgan fingerprint density at radius 3 is 2.56 bits per heavy atom. The number of aromatic nitrogens is 4. The second-order valence-electron chi connectivity index (χ2n) is 5.27. The molecule has 2 heterocycles. The van der Waals surface area contributed by atoms with Crippen molar-refractivity contribution in [2.24, 2.45) is 0 Å². The lowest BCUT2D eigenvalue weighted by molar-refractivity contribution is 0.573. The number of nitrogens with one attached hydrogen (secondary N) is 1. The minimum Gasteiger partial charge on any atom is -0.444 e. The van der Waals surface area contributed by atoms with Crippen LogP contribution in [0.4, 0.5) is 0 Å². The predicted octanol–water partition coefficient (Wildman–Crippen LogP) is 5.07. The first-order chi connectivity index (χ1) is 12.3. The second-order valence-corrected chi connectivity index (χ2v) is 6.65. The highest BCUT2D eigenvalue weighted by Crippen LogP contribution is 2.25. The van der Waals surface area contributed by atoms with Crippen molar-refractivity contribution in [1.29, 1.82) is 0 Å². The molecule has 0 atom stereocenters. The molecular formula is C18H13ClN4OS. The van der Waals surface area contributed by atoms with Crippen molar-refractivity contribution in [3.63, 3.8) is 0 Å². The van der Waals surface area contributed by atoms with Gasteiger partial charge < -0.3 is 4.42 Å². The molecule has 0 saturated heterocycles. The third kappa shape index (κ3) is 3.75. The van der Waals surface area contributed by atoms with Gasteiger partial charge >= 0.3 is 0 Å². The van der Waals surface area contributed by atoms with Crippen molar-refractivity contribution >= 4 is 23.4 Å². The van der Waals surface area contributed by atoms with Gasteiger partial charge in [0.2, 0.25) is 11.0 Å². The zero-order valence-corrected chi connectivity index (χ0v) is 14.6. The maximum absolute atomic E-state index is 5.90. The van der Waals surface area contributed by atoms with Crippen LogP contribution in [0.3, 0.4) is 0 Å². The normalized spacial score (nSPS) is 10.9. The lowest BCUT2D eigenvalue weighted by atomic mass is 10.2. The average Bonchev–Trinajstić information content (AvgIpc) is 3.31. The second kappa shape index (κ2) is 7.13. The molecule has 0 radical (unpaired) electrons. The van der Waals surface area contributed by atoms with E-state index in [1.807, 2.05) is 54.6 Å². The van der Waals surface area contributed by atoms with Gasteiger partial charge in [0.05, 0.1) is 5.69 Å². The molecule has 2 aromatic carbocycles. The minimum atomic E-state index is 0.619. The Morgan fingerprint density at radius 1 is 0.960 bits per heavy atom. The number of nitrogens with zero attached hydrogens (tertiary/aromatic N) is 3. The van der Waals surface area contributed by atoms with Gasteiger partial charge in [-0.25, -0.2) is 9.97 Å². The standard InChI is InChI=1S/C18H13ClN4OS/c19-14-8-6-12(7-9-14)16-21-18(23-22-16)25-11-15-10-24-17(20-15)13-4-2-1-3-5-13/h1-10H,11H2,(H,21,22,23). The number of aromatic amines is 1. The molecule has 0 unspecified atom stereocenters. The number of halogens is 1. The first-order valence-corrected chi connectivity index (χ1v) is 8.95. The van der Waals surface area contributed by atoms with Crippen LogP contribution in [-0.2, 0) is 5.75 Å². The van der Waals surface area contributed by atoms with Crippen molar-refractivity contribution in [1.82, 2.24) is 20.2 Å². The molecule has 7 heteroatoms. The van der Waals surface area contributed by atoms with Crippen LogP contribution in [0.25, 0.3) is 22.8 Å². The molecule has 0 spiro atoms. The number of thioether (sulfide) groups is 1. The first-order valence-electron chi connectivity index (χ1n) is 7.59. The number of H-pyrrole nitrogens is 1. The molecule has 0 fully saturated rings. The molecule has 4 aromatic rings. The van der Waals surface area contributed by atoms with E-state index in [4.69, 9.17) is 16.0 Å². The Hall–Kier alpha value is -2.57. The van der Waals surface area contributed by atoms with Gasteiger partial charge in [0.1, 0.15) is 6.26 Å². The summed E-state index contributed by atoms with van der Waals surface area (Å²) in [5.41, 5.74) is 2.75. The topological polar surface area (TPSA) is 67.6 Å². The average molecular weight is 369 g/mol. The number of rotatable bonds is 5. The summed E-state index contributed by atoms with van der Waals surface area (Å²) >= 11 is 7.40. The lowest BCUT2D eigenvalue weighted by Gasteiger charge is -1.95. The van der Waals surface area contributed by atoms with Crippen molar-refractivity contribution in [2.45, 2.75) is 10.9 Å². The molecule has 1 N–H and O–H groups in total. The molecule has 5 nitrogen and oxygen atoms in total. The monoisotopic (exact) mass is 368 g/mol. The Kier molecular flexibility index (Phi) is 4.54. The minimum absolute atomic E-state index is 0.619. The smallest absolute Gasteiger partial charge is 0.226 e. The maximum atomic E-state index is 5.90. The largest absolute Gasteiger partial charge is 0.444 e. The van der Waals surface area contributed by atoms with E-state index in [2.05, 4.69) is 20.2 Å². The highest BCUT2D eigenvalue weighted by molar-refractivity contribution is 7.98. The third-order valence-corrected chi connectivity index (χ3v) is 4.64. The van der Waals surface area contributed by atoms with Gasteiger partial charge in [-0.1, -0.05) is 41.6 Å². The van der Waals surface area contributed by atoms with Crippen LogP contribution in [0.2, 0.25) is 5.02 Å². The summed E-state index contributed by atoms with van der Waals surface area (Å²) in [6.07, 6.45) is 1.67. The molecule has 124 valence electrons. The van der Waals surface area contributed by atoms with Gasteiger partial charge in [0.25, 0.3) is 0 Å². The molecule has 0 aliphatic rings. The van der Waals surface area contributed by atoms with E-state index in [-0.39, 0.29) is 0 Å². The number of hydrogen-bond donors (Lipinski definition) is 1. The van der Waals surface area contributed by atoms with Gasteiger partial charge in [-0.3, -0.25) is 5.10 Å². The Morgan fingerprint density at radius 2 is 1.76 bits per heavy atom. The molecule has 25 heavy (non-hydrogen) atoms. The predicted molar refractivity (Wildman–Crippen MR) is 98.3 cm³/mol. The molecule has 0 aliphatic heterocycles. The molecule has 0 saturated carbocycles. The highest BCUT2D eigenvalue weighted by Gasteiger charge is 2.10. The van der Waals surface area contributed by atoms with Crippen LogP contribution in [0.1, 0.15) is 5.69 Å². The summed E-state index contributed by atoms with van der Waals surface area (Å²) in [4.78, 5) is 8.99. The van der Waals surface area contributed by atoms with Crippen molar-refractivity contribution in [3.8, 4) is 22.8 Å². The SMILES string of the molecule is Clc1ccc(-c2nc(SCc3coc(-c4ccccc4)n3)n[nH]2)cc1. The third-order valence-electron chi connectivity index (χ3n) is 3.50. The summed E-state index contributed by atoms with van der Waals surface area (Å²) in [6, 6.07) is 17.3. The number of benzene rings is 2. The molecule has 0 amide bonds. The maximum Gasteiger partial charge on any atom is 0.226 e. The molecule has 0 bridgehead atoms. The van der Waals surface area contributed by atoms with Crippen LogP contribution in [0.5, 0.6) is 0 Å². The summed E-state index contributed by atoms with van der Waals surface area (Å²) in [5, 5.41) is 8.52. The van der Waals surface area contributed by atoms with Crippen molar-refractivity contribution in [2.75, 3.05) is 0 Å². The fourth-order valence-electron chi connectivity index (χ4n) is 2.27.